The Balaban J connectivity index is 1.58. The highest BCUT2D eigenvalue weighted by atomic mass is 32.2. The SMILES string of the molecule is C#CCNC(=O)CCCCCN1c2cc3c(cc2C(CS(=O)(=O)O)=CC1(C)C)C(c1c(F)c(F)c(F)c(F)c1C(=O)N(C)CCS(=O)(=O)O)=c1cc2c4c(c1O3)CCC[N+]=4C(C)(C)C=C2CS(=O)(=O)O. The van der Waals surface area contributed by atoms with Gasteiger partial charge >= 0.3 is 0 Å². The molecule has 0 radical (unpaired) electrons. The Morgan fingerprint density at radius 3 is 2.13 bits per heavy atom. The highest BCUT2D eigenvalue weighted by molar-refractivity contribution is 7.86. The lowest BCUT2D eigenvalue weighted by atomic mass is 9.81. The lowest BCUT2D eigenvalue weighted by molar-refractivity contribution is -0.120. The summed E-state index contributed by atoms with van der Waals surface area (Å²) in [5.74, 6) is -11.6. The van der Waals surface area contributed by atoms with Gasteiger partial charge in [0.25, 0.3) is 36.3 Å². The molecule has 3 aromatic rings. The van der Waals surface area contributed by atoms with Crippen molar-refractivity contribution >= 4 is 64.6 Å². The van der Waals surface area contributed by atoms with E-state index in [0.717, 1.165) is 7.05 Å². The predicted octanol–water partition coefficient (Wildman–Crippen LogP) is 4.24. The van der Waals surface area contributed by atoms with Crippen LogP contribution in [0.1, 0.15) is 98.0 Å². The molecule has 0 saturated heterocycles. The van der Waals surface area contributed by atoms with Crippen LogP contribution in [0.3, 0.4) is 0 Å². The third kappa shape index (κ3) is 10.4. The van der Waals surface area contributed by atoms with Crippen LogP contribution >= 0.6 is 0 Å². The zero-order valence-corrected chi connectivity index (χ0v) is 41.2. The zero-order valence-electron chi connectivity index (χ0n) is 38.8. The van der Waals surface area contributed by atoms with E-state index in [4.69, 9.17) is 11.2 Å². The van der Waals surface area contributed by atoms with Gasteiger partial charge < -0.3 is 19.9 Å². The molecule has 4 heterocycles. The van der Waals surface area contributed by atoms with Gasteiger partial charge in [-0.1, -0.05) is 18.4 Å². The lowest BCUT2D eigenvalue weighted by Crippen LogP contribution is -2.53. The maximum atomic E-state index is 17.1. The average Bonchev–Trinajstić information content (AvgIpc) is 3.24. The Bertz CT molecular complexity index is 3370. The number of halogens is 4. The maximum absolute atomic E-state index is 17.1. The second-order valence-corrected chi connectivity index (χ2v) is 23.3. The molecule has 4 aliphatic heterocycles. The number of benzene rings is 3. The normalized spacial score (nSPS) is 16.7. The third-order valence-corrected chi connectivity index (χ3v) is 14.9. The number of carbonyl (C=O) groups is 2. The number of hydrogen-bond acceptors (Lipinski definition) is 10. The fourth-order valence-electron chi connectivity index (χ4n) is 9.85. The molecular weight excluding hydrogens is 985 g/mol. The summed E-state index contributed by atoms with van der Waals surface area (Å²) < 4.78 is 178. The molecule has 0 atom stereocenters. The van der Waals surface area contributed by atoms with Crippen LogP contribution in [0.2, 0.25) is 0 Å². The van der Waals surface area contributed by atoms with Gasteiger partial charge in [-0.3, -0.25) is 23.2 Å². The van der Waals surface area contributed by atoms with Crippen LogP contribution in [-0.4, -0.2) is 117 Å². The van der Waals surface area contributed by atoms with E-state index in [0.29, 0.717) is 53.7 Å². The second-order valence-electron chi connectivity index (χ2n) is 18.8. The Labute approximate surface area is 402 Å². The van der Waals surface area contributed by atoms with Gasteiger partial charge in [0.2, 0.25) is 11.3 Å². The number of rotatable bonds is 16. The van der Waals surface area contributed by atoms with Crippen molar-refractivity contribution in [2.75, 3.05) is 55.4 Å². The molecular formula is C47H51F4N4O12S3+. The Morgan fingerprint density at radius 1 is 0.857 bits per heavy atom. The molecule has 4 aliphatic rings. The van der Waals surface area contributed by atoms with Crippen LogP contribution < -0.4 is 30.1 Å². The van der Waals surface area contributed by atoms with Crippen LogP contribution in [0, 0.1) is 35.6 Å². The third-order valence-electron chi connectivity index (χ3n) is 12.8. The number of amides is 2. The largest absolute Gasteiger partial charge is 0.455 e. The van der Waals surface area contributed by atoms with Gasteiger partial charge in [-0.2, -0.15) is 25.3 Å². The van der Waals surface area contributed by atoms with E-state index in [-0.39, 0.29) is 76.4 Å². The average molecular weight is 1040 g/mol. The lowest BCUT2D eigenvalue weighted by Gasteiger charge is -2.44. The topological polar surface area (TPSA) is 228 Å². The van der Waals surface area contributed by atoms with E-state index in [1.54, 1.807) is 26.0 Å². The number of carbonyl (C=O) groups excluding carboxylic acids is 2. The molecule has 16 nitrogen and oxygen atoms in total. The van der Waals surface area contributed by atoms with Gasteiger partial charge in [0, 0.05) is 86.1 Å². The van der Waals surface area contributed by atoms with E-state index in [9.17, 15) is 48.5 Å². The molecule has 0 aromatic heterocycles. The molecule has 2 amide bonds. The van der Waals surface area contributed by atoms with Gasteiger partial charge in [0.1, 0.15) is 29.5 Å². The standard InChI is InChI=1S/C47H50F4N4O12S3/c1-7-14-52-35(56)13-9-8-10-15-54-33-21-34-31(19-29(33)26(22-46(54,2)3)24-69(61,62)63)36(37-38(40(49)42(51)41(50)39(37)48)45(57)53(6)17-18-68(58,59)60)32-20-30-27(25-70(64,65)66)23-47(4,5)55-16-11-12-28(43(30)55)44(32)67-34/h1,19-23H,8-18,24-25H2,2-6H3,(H3-,52,56,58,59,60,61,62,63,64,65,66)/p+1. The molecule has 0 unspecified atom stereocenters. The molecule has 0 bridgehead atoms. The van der Waals surface area contributed by atoms with Crippen LogP contribution in [0.15, 0.2) is 30.4 Å². The van der Waals surface area contributed by atoms with Crippen molar-refractivity contribution in [1.29, 1.82) is 0 Å². The predicted molar refractivity (Wildman–Crippen MR) is 252 cm³/mol. The Morgan fingerprint density at radius 2 is 1.50 bits per heavy atom. The number of unbranched alkanes of at least 4 members (excludes halogenated alkanes) is 2. The van der Waals surface area contributed by atoms with Gasteiger partial charge in [-0.15, -0.1) is 6.42 Å². The molecule has 70 heavy (non-hydrogen) atoms. The fraction of sp³-hybridized carbons (Fsp3) is 0.426. The summed E-state index contributed by atoms with van der Waals surface area (Å²) in [6.45, 7) is 7.15. The fourth-order valence-corrected chi connectivity index (χ4v) is 11.6. The molecule has 0 fully saturated rings. The van der Waals surface area contributed by atoms with E-state index in [1.807, 2.05) is 23.3 Å². The summed E-state index contributed by atoms with van der Waals surface area (Å²) in [7, 11) is -13.3. The quantitative estimate of drug-likeness (QED) is 0.0235. The number of ether oxygens (including phenoxy) is 1. The summed E-state index contributed by atoms with van der Waals surface area (Å²) in [6, 6.07) is 4.12. The number of hydrogen-bond donors (Lipinski definition) is 4. The van der Waals surface area contributed by atoms with Crippen molar-refractivity contribution < 1.29 is 70.8 Å². The van der Waals surface area contributed by atoms with Gasteiger partial charge in [0.05, 0.1) is 34.5 Å². The monoisotopic (exact) mass is 1040 g/mol. The number of terminal acetylenes is 1. The first-order chi connectivity index (χ1) is 32.4. The van der Waals surface area contributed by atoms with Crippen molar-refractivity contribution in [1.82, 2.24) is 14.8 Å². The molecule has 0 spiro atoms. The van der Waals surface area contributed by atoms with Gasteiger partial charge in [-0.25, -0.2) is 22.1 Å². The van der Waals surface area contributed by atoms with Crippen molar-refractivity contribution in [2.24, 2.45) is 0 Å². The number of fused-ring (bicyclic) bond motifs is 4. The molecule has 23 heteroatoms. The Hall–Kier alpha value is -5.64. The number of nitrogens with zero attached hydrogens (tertiary/aromatic N) is 3. The maximum Gasteiger partial charge on any atom is 0.269 e. The van der Waals surface area contributed by atoms with Crippen molar-refractivity contribution in [2.45, 2.75) is 77.3 Å². The smallest absolute Gasteiger partial charge is 0.269 e. The first-order valence-electron chi connectivity index (χ1n) is 22.0. The number of anilines is 1. The number of nitrogens with one attached hydrogen (secondary N) is 1. The molecule has 7 rings (SSSR count). The van der Waals surface area contributed by atoms with Gasteiger partial charge in [0.15, 0.2) is 28.8 Å². The first-order valence-corrected chi connectivity index (χ1v) is 26.9. The first kappa shape index (κ1) is 52.2. The van der Waals surface area contributed by atoms with E-state index in [1.165, 1.54) is 18.2 Å². The Kier molecular flexibility index (Phi) is 14.0. The van der Waals surface area contributed by atoms with Crippen molar-refractivity contribution in [3.63, 3.8) is 0 Å². The summed E-state index contributed by atoms with van der Waals surface area (Å²) in [5.41, 5.74) is -4.11. The van der Waals surface area contributed by atoms with E-state index in [2.05, 4.69) is 11.2 Å². The molecule has 376 valence electrons. The summed E-state index contributed by atoms with van der Waals surface area (Å²) in [5, 5.41) is 2.87. The highest BCUT2D eigenvalue weighted by Crippen LogP contribution is 2.49. The highest BCUT2D eigenvalue weighted by Gasteiger charge is 2.43. The molecule has 4 N–H and O–H groups in total. The minimum Gasteiger partial charge on any atom is -0.455 e. The summed E-state index contributed by atoms with van der Waals surface area (Å²) in [4.78, 5) is 29.0. The zero-order chi connectivity index (χ0) is 51.6. The van der Waals surface area contributed by atoms with E-state index >= 15 is 17.6 Å². The molecule has 0 aliphatic carbocycles. The van der Waals surface area contributed by atoms with Crippen LogP contribution in [0.25, 0.3) is 16.7 Å². The molecule has 3 aromatic carbocycles. The minimum atomic E-state index is -4.79. The molecule has 0 saturated carbocycles. The summed E-state index contributed by atoms with van der Waals surface area (Å²) >= 11 is 0. The van der Waals surface area contributed by atoms with Crippen LogP contribution in [0.5, 0.6) is 11.5 Å². The van der Waals surface area contributed by atoms with Crippen LogP contribution in [0.4, 0.5) is 23.2 Å². The second kappa shape index (κ2) is 18.8. The van der Waals surface area contributed by atoms with Gasteiger partial charge in [-0.05, 0) is 62.5 Å². The van der Waals surface area contributed by atoms with Crippen molar-refractivity contribution in [3.8, 4) is 23.8 Å². The van der Waals surface area contributed by atoms with Crippen LogP contribution in [-0.2, 0) is 41.6 Å². The van der Waals surface area contributed by atoms with Crippen molar-refractivity contribution in [3.05, 3.63) is 97.6 Å². The van der Waals surface area contributed by atoms with E-state index < -0.39 is 111 Å². The minimum absolute atomic E-state index is 0.0202. The summed E-state index contributed by atoms with van der Waals surface area (Å²) in [6.07, 6.45) is 10.8.